The third-order valence-electron chi connectivity index (χ3n) is 4.96. The second-order valence-corrected chi connectivity index (χ2v) is 7.09. The molecule has 7 nitrogen and oxygen atoms in total. The zero-order chi connectivity index (χ0) is 21.8. The number of carboxylic acids is 1. The Bertz CT molecular complexity index is 1150. The van der Waals surface area contributed by atoms with Crippen molar-refractivity contribution in [2.24, 2.45) is 0 Å². The predicted octanol–water partition coefficient (Wildman–Crippen LogP) is 2.97. The molecule has 0 unspecified atom stereocenters. The Balaban J connectivity index is 1.91. The van der Waals surface area contributed by atoms with Gasteiger partial charge in [-0.05, 0) is 44.0 Å². The maximum absolute atomic E-state index is 12.7. The summed E-state index contributed by atoms with van der Waals surface area (Å²) in [5.41, 5.74) is 3.05. The molecule has 0 saturated heterocycles. The Morgan fingerprint density at radius 1 is 1.10 bits per heavy atom. The van der Waals surface area contributed by atoms with E-state index in [9.17, 15) is 14.4 Å². The van der Waals surface area contributed by atoms with Crippen LogP contribution in [-0.2, 0) is 16.0 Å². The summed E-state index contributed by atoms with van der Waals surface area (Å²) in [6, 6.07) is 13.2. The predicted molar refractivity (Wildman–Crippen MR) is 112 cm³/mol. The molecule has 0 aliphatic heterocycles. The fraction of sp³-hybridized carbons (Fsp3) is 0.261. The minimum Gasteiger partial charge on any atom is -0.480 e. The van der Waals surface area contributed by atoms with E-state index < -0.39 is 30.2 Å². The number of rotatable bonds is 7. The van der Waals surface area contributed by atoms with Gasteiger partial charge < -0.3 is 19.6 Å². The van der Waals surface area contributed by atoms with Crippen molar-refractivity contribution in [2.75, 3.05) is 6.54 Å². The molecule has 156 valence electrons. The summed E-state index contributed by atoms with van der Waals surface area (Å²) in [4.78, 5) is 35.2. The molecule has 2 aromatic carbocycles. The molecule has 3 rings (SSSR count). The van der Waals surface area contributed by atoms with Crippen LogP contribution in [0.3, 0.4) is 0 Å². The number of ether oxygens (including phenoxy) is 1. The number of aryl methyl sites for hydroxylation is 2. The molecule has 1 atom stereocenters. The van der Waals surface area contributed by atoms with Gasteiger partial charge in [0.25, 0.3) is 5.91 Å². The first-order chi connectivity index (χ1) is 14.3. The van der Waals surface area contributed by atoms with Gasteiger partial charge in [0.1, 0.15) is 17.9 Å². The summed E-state index contributed by atoms with van der Waals surface area (Å²) in [5.74, 6) is -1.30. The molecule has 0 saturated carbocycles. The second-order valence-electron chi connectivity index (χ2n) is 7.09. The van der Waals surface area contributed by atoms with Crippen LogP contribution in [-0.4, -0.2) is 29.6 Å². The summed E-state index contributed by atoms with van der Waals surface area (Å²) in [7, 11) is 0. The van der Waals surface area contributed by atoms with Crippen LogP contribution in [0.15, 0.2) is 51.7 Å². The van der Waals surface area contributed by atoms with Gasteiger partial charge in [-0.25, -0.2) is 4.79 Å². The van der Waals surface area contributed by atoms with Crippen molar-refractivity contribution in [1.29, 1.82) is 0 Å². The van der Waals surface area contributed by atoms with Gasteiger partial charge >= 0.3 is 11.6 Å². The van der Waals surface area contributed by atoms with Crippen LogP contribution in [0.4, 0.5) is 0 Å². The Hall–Kier alpha value is -3.61. The molecule has 0 radical (unpaired) electrons. The average Bonchev–Trinajstić information content (AvgIpc) is 2.72. The molecule has 0 bridgehead atoms. The molecule has 0 aliphatic rings. The van der Waals surface area contributed by atoms with E-state index in [1.807, 2.05) is 37.3 Å². The van der Waals surface area contributed by atoms with Gasteiger partial charge in [0.2, 0.25) is 0 Å². The van der Waals surface area contributed by atoms with E-state index in [2.05, 4.69) is 5.32 Å². The number of amides is 1. The number of carbonyl (C=O) groups excluding carboxylic acids is 1. The number of hydrogen-bond donors (Lipinski definition) is 2. The third-order valence-corrected chi connectivity index (χ3v) is 4.96. The Morgan fingerprint density at radius 3 is 2.47 bits per heavy atom. The highest BCUT2D eigenvalue weighted by molar-refractivity contribution is 5.87. The van der Waals surface area contributed by atoms with Crippen molar-refractivity contribution in [1.82, 2.24) is 5.32 Å². The van der Waals surface area contributed by atoms with Crippen molar-refractivity contribution in [3.63, 3.8) is 0 Å². The molecule has 0 fully saturated rings. The fourth-order valence-electron chi connectivity index (χ4n) is 3.25. The van der Waals surface area contributed by atoms with Gasteiger partial charge in [-0.3, -0.25) is 9.59 Å². The normalized spacial score (nSPS) is 11.8. The number of fused-ring (bicyclic) bond motifs is 1. The van der Waals surface area contributed by atoms with Crippen LogP contribution in [0.1, 0.15) is 29.2 Å². The van der Waals surface area contributed by atoms with Crippen LogP contribution < -0.4 is 15.7 Å². The Kier molecular flexibility index (Phi) is 6.20. The first-order valence-corrected chi connectivity index (χ1v) is 9.54. The fourth-order valence-corrected chi connectivity index (χ4v) is 3.25. The monoisotopic (exact) mass is 409 g/mol. The highest BCUT2D eigenvalue weighted by Gasteiger charge is 2.19. The lowest BCUT2D eigenvalue weighted by molar-refractivity contribution is -0.139. The average molecular weight is 409 g/mol. The molecular weight excluding hydrogens is 386 g/mol. The van der Waals surface area contributed by atoms with Crippen molar-refractivity contribution in [3.8, 4) is 5.75 Å². The van der Waals surface area contributed by atoms with Crippen LogP contribution >= 0.6 is 0 Å². The summed E-state index contributed by atoms with van der Waals surface area (Å²) in [6.07, 6.45) is -0.436. The van der Waals surface area contributed by atoms with Gasteiger partial charge in [-0.15, -0.1) is 0 Å². The molecule has 0 aliphatic carbocycles. The highest BCUT2D eigenvalue weighted by Crippen LogP contribution is 2.30. The molecule has 3 aromatic rings. The molecule has 1 amide bonds. The zero-order valence-corrected chi connectivity index (χ0v) is 17.0. The van der Waals surface area contributed by atoms with Gasteiger partial charge in [-0.1, -0.05) is 30.3 Å². The van der Waals surface area contributed by atoms with Crippen LogP contribution in [0.25, 0.3) is 11.0 Å². The zero-order valence-electron chi connectivity index (χ0n) is 17.0. The summed E-state index contributed by atoms with van der Waals surface area (Å²) in [5, 5.41) is 11.7. The lowest BCUT2D eigenvalue weighted by Gasteiger charge is -2.17. The number of aliphatic carboxylic acids is 1. The van der Waals surface area contributed by atoms with Gasteiger partial charge in [0, 0.05) is 22.9 Å². The maximum Gasteiger partial charge on any atom is 0.340 e. The first kappa shape index (κ1) is 21.1. The quantitative estimate of drug-likeness (QED) is 0.581. The van der Waals surface area contributed by atoms with E-state index in [0.29, 0.717) is 28.9 Å². The number of hydrogen-bond acceptors (Lipinski definition) is 5. The lowest BCUT2D eigenvalue weighted by atomic mass is 9.98. The van der Waals surface area contributed by atoms with Crippen molar-refractivity contribution >= 4 is 22.8 Å². The standard InChI is InChI=1S/C23H23NO6/c1-13-17-9-10-19(29-15(3)22(27)24-12-20(25)26)14(2)21(17)30-23(28)18(13)11-16-7-5-4-6-8-16/h4-10,15H,11-12H2,1-3H3,(H,24,27)(H,25,26)/t15-/m1/s1. The minimum atomic E-state index is -1.14. The Labute approximate surface area is 173 Å². The smallest absolute Gasteiger partial charge is 0.340 e. The van der Waals surface area contributed by atoms with E-state index in [-0.39, 0.29) is 0 Å². The third kappa shape index (κ3) is 4.51. The molecule has 1 aromatic heterocycles. The largest absolute Gasteiger partial charge is 0.480 e. The van der Waals surface area contributed by atoms with E-state index >= 15 is 0 Å². The number of nitrogens with one attached hydrogen (secondary N) is 1. The highest BCUT2D eigenvalue weighted by atomic mass is 16.5. The van der Waals surface area contributed by atoms with Crippen molar-refractivity contribution < 1.29 is 23.8 Å². The van der Waals surface area contributed by atoms with Crippen LogP contribution in [0.2, 0.25) is 0 Å². The molecule has 1 heterocycles. The second kappa shape index (κ2) is 8.82. The number of carboxylic acid groups (broad SMARTS) is 1. The molecule has 7 heteroatoms. The van der Waals surface area contributed by atoms with Gasteiger partial charge in [0.15, 0.2) is 6.10 Å². The summed E-state index contributed by atoms with van der Waals surface area (Å²) < 4.78 is 11.3. The van der Waals surface area contributed by atoms with Gasteiger partial charge in [-0.2, -0.15) is 0 Å². The molecule has 0 spiro atoms. The molecular formula is C23H23NO6. The van der Waals surface area contributed by atoms with Crippen molar-refractivity contribution in [2.45, 2.75) is 33.3 Å². The van der Waals surface area contributed by atoms with Gasteiger partial charge in [0.05, 0.1) is 0 Å². The van der Waals surface area contributed by atoms with Crippen LogP contribution in [0.5, 0.6) is 5.75 Å². The first-order valence-electron chi connectivity index (χ1n) is 9.54. The van der Waals surface area contributed by atoms with E-state index in [0.717, 1.165) is 16.5 Å². The van der Waals surface area contributed by atoms with E-state index in [1.54, 1.807) is 19.1 Å². The van der Waals surface area contributed by atoms with Crippen LogP contribution in [0, 0.1) is 13.8 Å². The summed E-state index contributed by atoms with van der Waals surface area (Å²) >= 11 is 0. The SMILES string of the molecule is Cc1c(Cc2ccccc2)c(=O)oc2c(C)c(O[C@H](C)C(=O)NCC(=O)O)ccc12. The van der Waals surface area contributed by atoms with Crippen molar-refractivity contribution in [3.05, 3.63) is 75.1 Å². The van der Waals surface area contributed by atoms with E-state index in [1.165, 1.54) is 6.92 Å². The number of carbonyl (C=O) groups is 2. The Morgan fingerprint density at radius 2 is 1.80 bits per heavy atom. The minimum absolute atomic E-state index is 0.388. The lowest BCUT2D eigenvalue weighted by Crippen LogP contribution is -2.39. The molecule has 30 heavy (non-hydrogen) atoms. The maximum atomic E-state index is 12.7. The molecule has 2 N–H and O–H groups in total. The number of benzene rings is 2. The van der Waals surface area contributed by atoms with E-state index in [4.69, 9.17) is 14.3 Å². The summed E-state index contributed by atoms with van der Waals surface area (Å²) in [6.45, 7) is 4.67. The topological polar surface area (TPSA) is 106 Å².